The quantitative estimate of drug-likeness (QED) is 0.926. The van der Waals surface area contributed by atoms with Gasteiger partial charge >= 0.3 is 12.6 Å². The molecule has 1 N–H and O–H groups in total. The molecule has 1 fully saturated rings. The first-order valence-electron chi connectivity index (χ1n) is 5.37. The Morgan fingerprint density at radius 2 is 2.17 bits per heavy atom. The molecule has 0 spiro atoms. The van der Waals surface area contributed by atoms with Crippen molar-refractivity contribution in [2.24, 2.45) is 0 Å². The topological polar surface area (TPSA) is 46.5 Å². The molecule has 0 bridgehead atoms. The second-order valence-electron chi connectivity index (χ2n) is 4.32. The number of alkyl halides is 2. The van der Waals surface area contributed by atoms with Crippen LogP contribution in [0.5, 0.6) is 0 Å². The third-order valence-electron chi connectivity index (χ3n) is 3.23. The van der Waals surface area contributed by atoms with E-state index in [0.29, 0.717) is 5.56 Å². The van der Waals surface area contributed by atoms with Gasteiger partial charge in [-0.05, 0) is 30.5 Å². The standard InChI is InChI=1S/C12H11BrF2O3/c13-8-3-1-2-7(4-8)12(10(16)17)5-9(6-12)18-11(14)15/h1-4,9,11H,5-6H2,(H,16,17)/t9-,12-. The lowest BCUT2D eigenvalue weighted by Gasteiger charge is -2.44. The van der Waals surface area contributed by atoms with Gasteiger partial charge in [-0.2, -0.15) is 8.78 Å². The molecule has 6 heteroatoms. The van der Waals surface area contributed by atoms with Crippen molar-refractivity contribution >= 4 is 21.9 Å². The summed E-state index contributed by atoms with van der Waals surface area (Å²) in [6, 6.07) is 6.90. The van der Waals surface area contributed by atoms with Gasteiger partial charge in [0.1, 0.15) is 0 Å². The fourth-order valence-electron chi connectivity index (χ4n) is 2.28. The summed E-state index contributed by atoms with van der Waals surface area (Å²) in [4.78, 5) is 11.4. The zero-order chi connectivity index (χ0) is 13.3. The molecule has 0 aromatic heterocycles. The van der Waals surface area contributed by atoms with Gasteiger partial charge in [-0.15, -0.1) is 0 Å². The SMILES string of the molecule is O=C(O)[C@]1(c2cccc(Br)c2)C[C@@H](OC(F)F)C1. The van der Waals surface area contributed by atoms with Gasteiger partial charge < -0.3 is 9.84 Å². The maximum atomic E-state index is 12.0. The average molecular weight is 321 g/mol. The van der Waals surface area contributed by atoms with Crippen molar-refractivity contribution in [2.75, 3.05) is 0 Å². The van der Waals surface area contributed by atoms with Crippen molar-refractivity contribution in [1.29, 1.82) is 0 Å². The lowest BCUT2D eigenvalue weighted by molar-refractivity contribution is -0.202. The molecule has 3 nitrogen and oxygen atoms in total. The molecule has 0 amide bonds. The van der Waals surface area contributed by atoms with E-state index in [1.165, 1.54) is 0 Å². The van der Waals surface area contributed by atoms with E-state index in [1.54, 1.807) is 24.3 Å². The number of carboxylic acid groups (broad SMARTS) is 1. The van der Waals surface area contributed by atoms with E-state index in [1.807, 2.05) is 0 Å². The molecule has 18 heavy (non-hydrogen) atoms. The Bertz CT molecular complexity index is 458. The van der Waals surface area contributed by atoms with Gasteiger partial charge in [0.05, 0.1) is 11.5 Å². The molecule has 1 saturated carbocycles. The average Bonchev–Trinajstić information content (AvgIpc) is 2.21. The minimum absolute atomic E-state index is 0.0725. The first-order chi connectivity index (χ1) is 8.44. The molecule has 1 aliphatic rings. The van der Waals surface area contributed by atoms with Crippen molar-refractivity contribution in [3.8, 4) is 0 Å². The number of hydrogen-bond acceptors (Lipinski definition) is 2. The maximum absolute atomic E-state index is 12.0. The number of carbonyl (C=O) groups is 1. The molecule has 0 aliphatic heterocycles. The summed E-state index contributed by atoms with van der Waals surface area (Å²) in [6.07, 6.45) is -0.549. The molecule has 1 aromatic carbocycles. The second kappa shape index (κ2) is 4.93. The number of hydrogen-bond donors (Lipinski definition) is 1. The largest absolute Gasteiger partial charge is 0.481 e. The number of carboxylic acids is 1. The molecular formula is C12H11BrF2O3. The van der Waals surface area contributed by atoms with E-state index in [-0.39, 0.29) is 12.8 Å². The van der Waals surface area contributed by atoms with Crippen LogP contribution in [0.3, 0.4) is 0 Å². The van der Waals surface area contributed by atoms with Crippen LogP contribution in [0.4, 0.5) is 8.78 Å². The normalized spacial score (nSPS) is 27.0. The van der Waals surface area contributed by atoms with Crippen LogP contribution in [0.25, 0.3) is 0 Å². The molecule has 0 heterocycles. The maximum Gasteiger partial charge on any atom is 0.345 e. The Kier molecular flexibility index (Phi) is 3.68. The third-order valence-corrected chi connectivity index (χ3v) is 3.73. The summed E-state index contributed by atoms with van der Waals surface area (Å²) in [6.45, 7) is -2.86. The highest BCUT2D eigenvalue weighted by Gasteiger charge is 2.53. The summed E-state index contributed by atoms with van der Waals surface area (Å²) in [5.41, 5.74) is -0.498. The van der Waals surface area contributed by atoms with Gasteiger partial charge in [-0.1, -0.05) is 28.1 Å². The molecular weight excluding hydrogens is 310 g/mol. The van der Waals surface area contributed by atoms with Crippen LogP contribution >= 0.6 is 15.9 Å². The van der Waals surface area contributed by atoms with Gasteiger partial charge in [0, 0.05) is 4.47 Å². The van der Waals surface area contributed by atoms with E-state index < -0.39 is 24.1 Å². The van der Waals surface area contributed by atoms with E-state index >= 15 is 0 Å². The lowest BCUT2D eigenvalue weighted by atomic mass is 9.62. The van der Waals surface area contributed by atoms with Crippen molar-refractivity contribution < 1.29 is 23.4 Å². The molecule has 0 atom stereocenters. The van der Waals surface area contributed by atoms with Crippen LogP contribution in [0.2, 0.25) is 0 Å². The van der Waals surface area contributed by atoms with E-state index in [2.05, 4.69) is 20.7 Å². The summed E-state index contributed by atoms with van der Waals surface area (Å²) < 4.78 is 29.2. The number of benzene rings is 1. The molecule has 2 rings (SSSR count). The van der Waals surface area contributed by atoms with E-state index in [0.717, 1.165) is 4.47 Å². The van der Waals surface area contributed by atoms with Gasteiger partial charge in [0.15, 0.2) is 0 Å². The van der Waals surface area contributed by atoms with Crippen LogP contribution in [0, 0.1) is 0 Å². The van der Waals surface area contributed by atoms with E-state index in [4.69, 9.17) is 0 Å². The lowest BCUT2D eigenvalue weighted by Crippen LogP contribution is -2.52. The molecule has 0 saturated heterocycles. The zero-order valence-corrected chi connectivity index (χ0v) is 10.9. The third kappa shape index (κ3) is 2.40. The summed E-state index contributed by atoms with van der Waals surface area (Å²) in [7, 11) is 0. The number of aliphatic carboxylic acids is 1. The fourth-order valence-corrected chi connectivity index (χ4v) is 2.68. The Hall–Kier alpha value is -1.01. The van der Waals surface area contributed by atoms with Crippen LogP contribution in [-0.2, 0) is 14.9 Å². The minimum atomic E-state index is -2.86. The first-order valence-corrected chi connectivity index (χ1v) is 6.16. The monoisotopic (exact) mass is 320 g/mol. The molecule has 0 unspecified atom stereocenters. The van der Waals surface area contributed by atoms with Gasteiger partial charge in [-0.25, -0.2) is 0 Å². The molecule has 1 aliphatic carbocycles. The van der Waals surface area contributed by atoms with Crippen LogP contribution in [-0.4, -0.2) is 23.8 Å². The van der Waals surface area contributed by atoms with Gasteiger partial charge in [0.2, 0.25) is 0 Å². The highest BCUT2D eigenvalue weighted by atomic mass is 79.9. The Balaban J connectivity index is 2.19. The zero-order valence-electron chi connectivity index (χ0n) is 9.28. The molecule has 1 aromatic rings. The molecule has 0 radical (unpaired) electrons. The van der Waals surface area contributed by atoms with Gasteiger partial charge in [0.25, 0.3) is 0 Å². The number of ether oxygens (including phenoxy) is 1. The highest BCUT2D eigenvalue weighted by molar-refractivity contribution is 9.10. The van der Waals surface area contributed by atoms with Crippen molar-refractivity contribution in [1.82, 2.24) is 0 Å². The highest BCUT2D eigenvalue weighted by Crippen LogP contribution is 2.46. The van der Waals surface area contributed by atoms with Crippen LogP contribution < -0.4 is 0 Å². The van der Waals surface area contributed by atoms with E-state index in [9.17, 15) is 18.7 Å². The number of halogens is 3. The fraction of sp³-hybridized carbons (Fsp3) is 0.417. The van der Waals surface area contributed by atoms with Crippen molar-refractivity contribution in [3.05, 3.63) is 34.3 Å². The summed E-state index contributed by atoms with van der Waals surface area (Å²) in [5, 5.41) is 9.32. The van der Waals surface area contributed by atoms with Crippen LogP contribution in [0.1, 0.15) is 18.4 Å². The second-order valence-corrected chi connectivity index (χ2v) is 5.24. The van der Waals surface area contributed by atoms with Crippen LogP contribution in [0.15, 0.2) is 28.7 Å². The predicted octanol–water partition coefficient (Wildman–Crippen LogP) is 3.17. The molecule has 98 valence electrons. The first kappa shape index (κ1) is 13.4. The van der Waals surface area contributed by atoms with Crippen molar-refractivity contribution in [3.63, 3.8) is 0 Å². The van der Waals surface area contributed by atoms with Gasteiger partial charge in [-0.3, -0.25) is 4.79 Å². The van der Waals surface area contributed by atoms with Crippen molar-refractivity contribution in [2.45, 2.75) is 31.0 Å². The Labute approximate surface area is 111 Å². The summed E-state index contributed by atoms with van der Waals surface area (Å²) in [5.74, 6) is -1.00. The summed E-state index contributed by atoms with van der Waals surface area (Å²) >= 11 is 3.27. The Morgan fingerprint density at radius 3 is 2.67 bits per heavy atom. The number of rotatable bonds is 4. The Morgan fingerprint density at radius 1 is 1.50 bits per heavy atom. The predicted molar refractivity (Wildman–Crippen MR) is 63.6 cm³/mol. The smallest absolute Gasteiger partial charge is 0.345 e. The minimum Gasteiger partial charge on any atom is -0.481 e.